The van der Waals surface area contributed by atoms with Gasteiger partial charge in [-0.3, -0.25) is 4.90 Å². The molecule has 146 valence electrons. The van der Waals surface area contributed by atoms with Gasteiger partial charge >= 0.3 is 6.09 Å². The van der Waals surface area contributed by atoms with Crippen LogP contribution in [-0.2, 0) is 16.1 Å². The van der Waals surface area contributed by atoms with Crippen molar-refractivity contribution in [2.45, 2.75) is 32.0 Å². The van der Waals surface area contributed by atoms with E-state index in [1.54, 1.807) is 11.8 Å². The number of fused-ring (bicyclic) bond motifs is 2. The molecule has 0 aliphatic carbocycles. The number of nitrogens with zero attached hydrogens (tertiary/aromatic N) is 1. The molecular weight excluding hydrogens is 364 g/mol. The molecule has 2 atom stereocenters. The van der Waals surface area contributed by atoms with Crippen LogP contribution in [0.3, 0.4) is 0 Å². The fourth-order valence-electron chi connectivity index (χ4n) is 3.78. The number of carbonyl (C=O) groups is 1. The van der Waals surface area contributed by atoms with Gasteiger partial charge in [0.05, 0.1) is 25.3 Å². The highest BCUT2D eigenvalue weighted by Gasteiger charge is 2.39. The van der Waals surface area contributed by atoms with Crippen LogP contribution in [-0.4, -0.2) is 36.3 Å². The van der Waals surface area contributed by atoms with Crippen LogP contribution in [0.25, 0.3) is 5.57 Å². The summed E-state index contributed by atoms with van der Waals surface area (Å²) in [6.07, 6.45) is 1.85. The highest BCUT2D eigenvalue weighted by atomic mass is 19.1. The smallest absolute Gasteiger partial charge is 0.411 e. The molecule has 0 saturated carbocycles. The van der Waals surface area contributed by atoms with Crippen LogP contribution in [0.2, 0.25) is 0 Å². The van der Waals surface area contributed by atoms with Gasteiger partial charge in [0.2, 0.25) is 0 Å². The summed E-state index contributed by atoms with van der Waals surface area (Å²) in [7, 11) is 0. The number of aryl methyl sites for hydroxylation is 1. The van der Waals surface area contributed by atoms with E-state index < -0.39 is 17.7 Å². The minimum atomic E-state index is -0.589. The van der Waals surface area contributed by atoms with Crippen LogP contribution in [0.5, 0.6) is 0 Å². The van der Waals surface area contributed by atoms with E-state index in [1.807, 2.05) is 36.4 Å². The first-order valence-corrected chi connectivity index (χ1v) is 9.26. The highest BCUT2D eigenvalue weighted by Crippen LogP contribution is 2.34. The van der Waals surface area contributed by atoms with E-state index >= 15 is 0 Å². The molecule has 2 heterocycles. The minimum absolute atomic E-state index is 0.193. The van der Waals surface area contributed by atoms with Crippen molar-refractivity contribution < 1.29 is 23.0 Å². The average Bonchev–Trinajstić information content (AvgIpc) is 2.68. The molecule has 4 nitrogen and oxygen atoms in total. The summed E-state index contributed by atoms with van der Waals surface area (Å²) in [6.45, 7) is 2.48. The molecule has 2 aliphatic heterocycles. The number of morpholine rings is 1. The van der Waals surface area contributed by atoms with Gasteiger partial charge in [-0.25, -0.2) is 13.6 Å². The van der Waals surface area contributed by atoms with Crippen molar-refractivity contribution in [2.24, 2.45) is 0 Å². The zero-order valence-corrected chi connectivity index (χ0v) is 15.5. The molecule has 1 fully saturated rings. The van der Waals surface area contributed by atoms with Gasteiger partial charge in [-0.05, 0) is 36.1 Å². The summed E-state index contributed by atoms with van der Waals surface area (Å²) in [4.78, 5) is 14.4. The van der Waals surface area contributed by atoms with Gasteiger partial charge in [0.25, 0.3) is 0 Å². The van der Waals surface area contributed by atoms with Gasteiger partial charge < -0.3 is 9.47 Å². The van der Waals surface area contributed by atoms with Gasteiger partial charge in [0.15, 0.2) is 0 Å². The standard InChI is InChI=1S/C22H21F2NO3/c1-14-7-19(21(24)10-20(14)23)16-8-17-12-27-13-18(9-16)25(17)22(26)28-11-15-5-3-2-4-6-15/h2-8,10,17-18H,9,11-13H2,1H3. The van der Waals surface area contributed by atoms with Crippen molar-refractivity contribution in [2.75, 3.05) is 13.2 Å². The summed E-state index contributed by atoms with van der Waals surface area (Å²) >= 11 is 0. The lowest BCUT2D eigenvalue weighted by Gasteiger charge is -2.43. The maximum absolute atomic E-state index is 14.3. The second kappa shape index (κ2) is 7.72. The van der Waals surface area contributed by atoms with Crippen LogP contribution in [0.15, 0.2) is 48.5 Å². The van der Waals surface area contributed by atoms with E-state index in [0.29, 0.717) is 30.8 Å². The number of ether oxygens (including phenoxy) is 2. The van der Waals surface area contributed by atoms with E-state index in [1.165, 1.54) is 6.07 Å². The van der Waals surface area contributed by atoms with Crippen LogP contribution >= 0.6 is 0 Å². The summed E-state index contributed by atoms with van der Waals surface area (Å²) < 4.78 is 39.0. The number of benzene rings is 2. The van der Waals surface area contributed by atoms with Crippen molar-refractivity contribution in [1.29, 1.82) is 0 Å². The first-order valence-electron chi connectivity index (χ1n) is 9.26. The molecule has 0 aromatic heterocycles. The molecule has 2 unspecified atom stereocenters. The highest BCUT2D eigenvalue weighted by molar-refractivity contribution is 5.75. The predicted molar refractivity (Wildman–Crippen MR) is 101 cm³/mol. The molecule has 1 amide bonds. The third-order valence-corrected chi connectivity index (χ3v) is 5.21. The molecule has 4 rings (SSSR count). The molecule has 6 heteroatoms. The van der Waals surface area contributed by atoms with Gasteiger partial charge in [0, 0.05) is 11.6 Å². The third kappa shape index (κ3) is 3.64. The topological polar surface area (TPSA) is 38.8 Å². The van der Waals surface area contributed by atoms with Crippen molar-refractivity contribution in [3.63, 3.8) is 0 Å². The van der Waals surface area contributed by atoms with E-state index in [9.17, 15) is 13.6 Å². The van der Waals surface area contributed by atoms with Crippen molar-refractivity contribution >= 4 is 11.7 Å². The Morgan fingerprint density at radius 2 is 1.96 bits per heavy atom. The van der Waals surface area contributed by atoms with Crippen molar-refractivity contribution in [3.05, 3.63) is 76.9 Å². The molecule has 28 heavy (non-hydrogen) atoms. The number of hydrogen-bond donors (Lipinski definition) is 0. The Morgan fingerprint density at radius 3 is 2.71 bits per heavy atom. The van der Waals surface area contributed by atoms with Crippen LogP contribution in [0.1, 0.15) is 23.1 Å². The third-order valence-electron chi connectivity index (χ3n) is 5.21. The van der Waals surface area contributed by atoms with Crippen molar-refractivity contribution in [3.8, 4) is 0 Å². The second-order valence-electron chi connectivity index (χ2n) is 7.18. The molecule has 2 bridgehead atoms. The van der Waals surface area contributed by atoms with E-state index in [0.717, 1.165) is 17.2 Å². The molecule has 1 saturated heterocycles. The number of hydrogen-bond acceptors (Lipinski definition) is 3. The summed E-state index contributed by atoms with van der Waals surface area (Å²) in [6, 6.07) is 11.3. The molecule has 0 spiro atoms. The van der Waals surface area contributed by atoms with Crippen LogP contribution in [0, 0.1) is 18.6 Å². The molecule has 2 aromatic rings. The average molecular weight is 385 g/mol. The van der Waals surface area contributed by atoms with Crippen LogP contribution < -0.4 is 0 Å². The quantitative estimate of drug-likeness (QED) is 0.783. The van der Waals surface area contributed by atoms with E-state index in [4.69, 9.17) is 9.47 Å². The van der Waals surface area contributed by atoms with E-state index in [-0.39, 0.29) is 18.7 Å². The normalized spacial score (nSPS) is 21.2. The maximum atomic E-state index is 14.3. The Hall–Kier alpha value is -2.73. The number of carbonyl (C=O) groups excluding carboxylic acids is 1. The Morgan fingerprint density at radius 1 is 1.18 bits per heavy atom. The first kappa shape index (κ1) is 18.6. The molecule has 0 N–H and O–H groups in total. The fraction of sp³-hybridized carbons (Fsp3) is 0.318. The zero-order chi connectivity index (χ0) is 19.7. The van der Waals surface area contributed by atoms with Crippen LogP contribution in [0.4, 0.5) is 13.6 Å². The molecule has 2 aromatic carbocycles. The minimum Gasteiger partial charge on any atom is -0.445 e. The molecule has 0 radical (unpaired) electrons. The molecular formula is C22H21F2NO3. The number of halogens is 2. The van der Waals surface area contributed by atoms with Crippen molar-refractivity contribution in [1.82, 2.24) is 4.90 Å². The van der Waals surface area contributed by atoms with Gasteiger partial charge in [-0.15, -0.1) is 0 Å². The van der Waals surface area contributed by atoms with Gasteiger partial charge in [-0.2, -0.15) is 0 Å². The lowest BCUT2D eigenvalue weighted by Crippen LogP contribution is -2.56. The maximum Gasteiger partial charge on any atom is 0.411 e. The Labute approximate surface area is 162 Å². The summed E-state index contributed by atoms with van der Waals surface area (Å²) in [5.74, 6) is -1.15. The SMILES string of the molecule is Cc1cc(C2=CC3COCC(C2)N3C(=O)OCc2ccccc2)c(F)cc1F. The fourth-order valence-corrected chi connectivity index (χ4v) is 3.78. The monoisotopic (exact) mass is 385 g/mol. The second-order valence-corrected chi connectivity index (χ2v) is 7.18. The number of amides is 1. The van der Waals surface area contributed by atoms with Gasteiger partial charge in [0.1, 0.15) is 18.2 Å². The lowest BCUT2D eigenvalue weighted by atomic mass is 9.89. The van der Waals surface area contributed by atoms with E-state index in [2.05, 4.69) is 0 Å². The Bertz CT molecular complexity index is 913. The predicted octanol–water partition coefficient (Wildman–Crippen LogP) is 4.47. The van der Waals surface area contributed by atoms with Gasteiger partial charge in [-0.1, -0.05) is 36.4 Å². The largest absolute Gasteiger partial charge is 0.445 e. The summed E-state index contributed by atoms with van der Waals surface area (Å²) in [5, 5.41) is 0. The molecule has 2 aliphatic rings. The zero-order valence-electron chi connectivity index (χ0n) is 15.5. The lowest BCUT2D eigenvalue weighted by molar-refractivity contribution is -0.0342. The first-order chi connectivity index (χ1) is 13.5. The Kier molecular flexibility index (Phi) is 5.13. The Balaban J connectivity index is 1.54. The summed E-state index contributed by atoms with van der Waals surface area (Å²) in [5.41, 5.74) is 2.46. The number of rotatable bonds is 3.